The third-order valence-corrected chi connectivity index (χ3v) is 8.01. The van der Waals surface area contributed by atoms with Crippen LogP contribution in [-0.4, -0.2) is 26.3 Å². The maximum atomic E-state index is 13.5. The number of rotatable bonds is 6. The van der Waals surface area contributed by atoms with E-state index in [0.717, 1.165) is 41.1 Å². The molecule has 5 nitrogen and oxygen atoms in total. The van der Waals surface area contributed by atoms with E-state index in [0.29, 0.717) is 27.9 Å². The zero-order valence-corrected chi connectivity index (χ0v) is 22.3. The summed E-state index contributed by atoms with van der Waals surface area (Å²) >= 11 is 7.90. The van der Waals surface area contributed by atoms with Gasteiger partial charge in [-0.05, 0) is 84.2 Å². The summed E-state index contributed by atoms with van der Waals surface area (Å²) in [5.41, 5.74) is 3.56. The molecule has 35 heavy (non-hydrogen) atoms. The largest absolute Gasteiger partial charge is 0.497 e. The maximum Gasteiger partial charge on any atom is 0.259 e. The summed E-state index contributed by atoms with van der Waals surface area (Å²) < 4.78 is 10.5. The number of amides is 1. The van der Waals surface area contributed by atoms with E-state index in [1.165, 1.54) is 4.88 Å². The molecule has 1 heterocycles. The fourth-order valence-corrected chi connectivity index (χ4v) is 5.92. The molecular formula is C28H31ClN2O3S. The molecule has 1 aliphatic rings. The lowest BCUT2D eigenvalue weighted by atomic mass is 9.72. The minimum absolute atomic E-state index is 0.167. The van der Waals surface area contributed by atoms with Crippen molar-refractivity contribution in [2.45, 2.75) is 40.0 Å². The van der Waals surface area contributed by atoms with Gasteiger partial charge in [0.1, 0.15) is 16.5 Å². The first-order valence-electron chi connectivity index (χ1n) is 11.7. The molecule has 1 N–H and O–H groups in total. The number of aliphatic imine (C=N–C) groups is 1. The van der Waals surface area contributed by atoms with Crippen molar-refractivity contribution < 1.29 is 14.3 Å². The molecule has 1 atom stereocenters. The van der Waals surface area contributed by atoms with Crippen molar-refractivity contribution in [3.8, 4) is 11.5 Å². The first kappa shape index (κ1) is 25.3. The molecule has 4 rings (SSSR count). The average molecular weight is 511 g/mol. The second kappa shape index (κ2) is 10.4. The van der Waals surface area contributed by atoms with Crippen LogP contribution in [-0.2, 0) is 12.8 Å². The fourth-order valence-electron chi connectivity index (χ4n) is 4.40. The van der Waals surface area contributed by atoms with Gasteiger partial charge in [0.25, 0.3) is 5.91 Å². The monoisotopic (exact) mass is 510 g/mol. The van der Waals surface area contributed by atoms with Gasteiger partial charge >= 0.3 is 0 Å². The quantitative estimate of drug-likeness (QED) is 0.348. The van der Waals surface area contributed by atoms with E-state index >= 15 is 0 Å². The molecular weight excluding hydrogens is 480 g/mol. The first-order chi connectivity index (χ1) is 16.7. The number of ether oxygens (including phenoxy) is 2. The van der Waals surface area contributed by atoms with E-state index in [1.54, 1.807) is 50.0 Å². The van der Waals surface area contributed by atoms with Gasteiger partial charge in [-0.2, -0.15) is 0 Å². The number of fused-ring (bicyclic) bond motifs is 1. The highest BCUT2D eigenvalue weighted by molar-refractivity contribution is 7.16. The van der Waals surface area contributed by atoms with Crippen LogP contribution >= 0.6 is 22.9 Å². The van der Waals surface area contributed by atoms with Gasteiger partial charge in [-0.25, -0.2) is 4.99 Å². The maximum absolute atomic E-state index is 13.5. The van der Waals surface area contributed by atoms with E-state index in [9.17, 15) is 4.79 Å². The van der Waals surface area contributed by atoms with Crippen LogP contribution in [0.1, 0.15) is 53.6 Å². The Morgan fingerprint density at radius 2 is 1.89 bits per heavy atom. The lowest BCUT2D eigenvalue weighted by molar-refractivity contribution is 0.102. The van der Waals surface area contributed by atoms with Crippen molar-refractivity contribution in [3.63, 3.8) is 0 Å². The Balaban J connectivity index is 1.68. The van der Waals surface area contributed by atoms with Crippen LogP contribution in [0.2, 0.25) is 5.02 Å². The Morgan fingerprint density at radius 3 is 2.51 bits per heavy atom. The van der Waals surface area contributed by atoms with Crippen molar-refractivity contribution in [1.82, 2.24) is 0 Å². The van der Waals surface area contributed by atoms with E-state index < -0.39 is 0 Å². The lowest BCUT2D eigenvalue weighted by Gasteiger charge is -2.33. The van der Waals surface area contributed by atoms with Crippen LogP contribution in [0.15, 0.2) is 47.5 Å². The second-order valence-electron chi connectivity index (χ2n) is 9.82. The van der Waals surface area contributed by atoms with E-state index in [1.807, 2.05) is 24.3 Å². The zero-order valence-electron chi connectivity index (χ0n) is 20.8. The van der Waals surface area contributed by atoms with Gasteiger partial charge in [0.2, 0.25) is 0 Å². The zero-order chi connectivity index (χ0) is 25.2. The Hall–Kier alpha value is -2.83. The van der Waals surface area contributed by atoms with Crippen LogP contribution < -0.4 is 14.8 Å². The molecule has 184 valence electrons. The number of nitrogens with one attached hydrogen (secondary N) is 1. The molecule has 7 heteroatoms. The molecule has 0 saturated heterocycles. The third-order valence-electron chi connectivity index (χ3n) is 6.55. The number of nitrogens with zero attached hydrogens (tertiary/aromatic N) is 1. The molecule has 1 unspecified atom stereocenters. The number of methoxy groups -OCH3 is 2. The molecule has 3 aromatic rings. The molecule has 0 saturated carbocycles. The SMILES string of the molecule is COc1ccc(/C=N/c2sc3c(c2C(=O)Nc2ccc(OC)c(Cl)c2)CCC(C(C)(C)C)C3)cc1. The van der Waals surface area contributed by atoms with Gasteiger partial charge < -0.3 is 14.8 Å². The molecule has 1 aliphatic carbocycles. The summed E-state index contributed by atoms with van der Waals surface area (Å²) in [4.78, 5) is 19.6. The number of carbonyl (C=O) groups is 1. The second-order valence-corrected chi connectivity index (χ2v) is 11.3. The van der Waals surface area contributed by atoms with Crippen LogP contribution in [0.4, 0.5) is 10.7 Å². The number of halogens is 1. The molecule has 0 spiro atoms. The third kappa shape index (κ3) is 5.71. The summed E-state index contributed by atoms with van der Waals surface area (Å²) in [6.07, 6.45) is 4.71. The predicted octanol–water partition coefficient (Wildman–Crippen LogP) is 7.57. The highest BCUT2D eigenvalue weighted by Gasteiger charge is 2.33. The van der Waals surface area contributed by atoms with Crippen LogP contribution in [0.5, 0.6) is 11.5 Å². The summed E-state index contributed by atoms with van der Waals surface area (Å²) in [6, 6.07) is 12.9. The van der Waals surface area contributed by atoms with E-state index in [4.69, 9.17) is 26.1 Å². The molecule has 2 aromatic carbocycles. The van der Waals surface area contributed by atoms with Gasteiger partial charge in [0.15, 0.2) is 0 Å². The van der Waals surface area contributed by atoms with Crippen LogP contribution in [0.3, 0.4) is 0 Å². The Bertz CT molecular complexity index is 1240. The van der Waals surface area contributed by atoms with Gasteiger partial charge in [-0.3, -0.25) is 4.79 Å². The van der Waals surface area contributed by atoms with Crippen LogP contribution in [0.25, 0.3) is 0 Å². The Kier molecular flexibility index (Phi) is 7.53. The molecule has 0 radical (unpaired) electrons. The highest BCUT2D eigenvalue weighted by Crippen LogP contribution is 2.45. The number of thiophene rings is 1. The Labute approximate surface area is 216 Å². The standard InChI is InChI=1S/C28H31ClN2O3S/c1-28(2,3)18-8-12-21-24(14-18)35-27(30-16-17-6-10-20(33-4)11-7-17)25(21)26(32)31-19-9-13-23(34-5)22(29)15-19/h6-7,9-11,13,15-16,18H,8,12,14H2,1-5H3,(H,31,32)/b30-16+. The van der Waals surface area contributed by atoms with Gasteiger partial charge in [-0.1, -0.05) is 32.4 Å². The van der Waals surface area contributed by atoms with Crippen molar-refractivity contribution in [1.29, 1.82) is 0 Å². The number of anilines is 1. The van der Waals surface area contributed by atoms with Gasteiger partial charge in [0.05, 0.1) is 24.8 Å². The number of hydrogen-bond acceptors (Lipinski definition) is 5. The highest BCUT2D eigenvalue weighted by atomic mass is 35.5. The van der Waals surface area contributed by atoms with E-state index in [2.05, 4.69) is 26.1 Å². The summed E-state index contributed by atoms with van der Waals surface area (Å²) in [7, 11) is 3.21. The Morgan fingerprint density at radius 1 is 1.14 bits per heavy atom. The lowest BCUT2D eigenvalue weighted by Crippen LogP contribution is -2.27. The van der Waals surface area contributed by atoms with Crippen molar-refractivity contribution in [2.24, 2.45) is 16.3 Å². The summed E-state index contributed by atoms with van der Waals surface area (Å²) in [5, 5.41) is 4.20. The van der Waals surface area contributed by atoms with Crippen molar-refractivity contribution in [2.75, 3.05) is 19.5 Å². The first-order valence-corrected chi connectivity index (χ1v) is 12.9. The summed E-state index contributed by atoms with van der Waals surface area (Å²) in [6.45, 7) is 6.88. The van der Waals surface area contributed by atoms with E-state index in [-0.39, 0.29) is 11.3 Å². The predicted molar refractivity (Wildman–Crippen MR) is 145 cm³/mol. The minimum atomic E-state index is -0.167. The normalized spacial score (nSPS) is 15.7. The molecule has 1 aromatic heterocycles. The fraction of sp³-hybridized carbons (Fsp3) is 0.357. The number of benzene rings is 2. The topological polar surface area (TPSA) is 59.9 Å². The molecule has 0 aliphatic heterocycles. The van der Waals surface area contributed by atoms with Gasteiger partial charge in [-0.15, -0.1) is 11.3 Å². The molecule has 0 bridgehead atoms. The summed E-state index contributed by atoms with van der Waals surface area (Å²) in [5.74, 6) is 1.76. The average Bonchev–Trinajstić information content (AvgIpc) is 3.20. The molecule has 1 amide bonds. The van der Waals surface area contributed by atoms with Crippen molar-refractivity contribution >= 4 is 45.7 Å². The van der Waals surface area contributed by atoms with Crippen LogP contribution in [0, 0.1) is 11.3 Å². The van der Waals surface area contributed by atoms with Crippen molar-refractivity contribution in [3.05, 3.63) is 69.1 Å². The number of carbonyl (C=O) groups excluding carboxylic acids is 1. The number of hydrogen-bond donors (Lipinski definition) is 1. The minimum Gasteiger partial charge on any atom is -0.497 e. The van der Waals surface area contributed by atoms with Gasteiger partial charge in [0, 0.05) is 16.8 Å². The molecule has 0 fully saturated rings. The smallest absolute Gasteiger partial charge is 0.259 e.